The van der Waals surface area contributed by atoms with Gasteiger partial charge >= 0.3 is 0 Å². The van der Waals surface area contributed by atoms with Gasteiger partial charge in [-0.05, 0) is 17.7 Å². The first-order valence-electron chi connectivity index (χ1n) is 3.57. The maximum Gasteiger partial charge on any atom is 0.0361 e. The number of allylic oxidation sites excluding steroid dienone is 1. The fourth-order valence-electron chi connectivity index (χ4n) is 0.971. The Morgan fingerprint density at radius 1 is 1.50 bits per heavy atom. The van der Waals surface area contributed by atoms with Crippen molar-refractivity contribution in [3.8, 4) is 0 Å². The smallest absolute Gasteiger partial charge is 0.0361 e. The van der Waals surface area contributed by atoms with Crippen LogP contribution in [-0.2, 0) is 6.42 Å². The van der Waals surface area contributed by atoms with Crippen LogP contribution in [0.15, 0.2) is 34.9 Å². The molecule has 0 radical (unpaired) electrons. The van der Waals surface area contributed by atoms with Gasteiger partial charge in [0.2, 0.25) is 0 Å². The van der Waals surface area contributed by atoms with Crippen LogP contribution in [0.5, 0.6) is 0 Å². The van der Waals surface area contributed by atoms with E-state index in [-0.39, 0.29) is 0 Å². The van der Waals surface area contributed by atoms with Gasteiger partial charge in [-0.1, -0.05) is 28.6 Å². The zero-order valence-electron chi connectivity index (χ0n) is 6.68. The Morgan fingerprint density at radius 2 is 2.17 bits per heavy atom. The fraction of sp³-hybridized carbons (Fsp3) is 0.111. The molecule has 0 unspecified atom stereocenters. The Morgan fingerprint density at radius 3 is 2.67 bits per heavy atom. The highest BCUT2D eigenvalue weighted by Crippen LogP contribution is 2.19. The third kappa shape index (κ3) is 2.27. The monoisotopic (exact) mass is 226 g/mol. The van der Waals surface area contributed by atoms with Crippen LogP contribution in [0.4, 0.5) is 5.69 Å². The first kappa shape index (κ1) is 9.13. The number of benzene rings is 1. The largest absolute Gasteiger partial charge is 0.402 e. The van der Waals surface area contributed by atoms with Crippen LogP contribution < -0.4 is 11.5 Å². The first-order chi connectivity index (χ1) is 5.59. The third-order valence-electron chi connectivity index (χ3n) is 1.53. The third-order valence-corrected chi connectivity index (χ3v) is 2.02. The lowest BCUT2D eigenvalue weighted by Gasteiger charge is -2.04. The van der Waals surface area contributed by atoms with Crippen molar-refractivity contribution in [2.75, 3.05) is 5.73 Å². The molecule has 64 valence electrons. The minimum atomic E-state index is 0.629. The normalized spacial score (nSPS) is 9.75. The van der Waals surface area contributed by atoms with E-state index in [2.05, 4.69) is 22.5 Å². The summed E-state index contributed by atoms with van der Waals surface area (Å²) in [5.74, 6) is 0. The summed E-state index contributed by atoms with van der Waals surface area (Å²) >= 11 is 3.33. The lowest BCUT2D eigenvalue weighted by atomic mass is 10.1. The molecule has 12 heavy (non-hydrogen) atoms. The first-order valence-corrected chi connectivity index (χ1v) is 4.36. The van der Waals surface area contributed by atoms with Crippen molar-refractivity contribution in [3.05, 3.63) is 40.5 Å². The highest BCUT2D eigenvalue weighted by Gasteiger charge is 1.99. The average molecular weight is 227 g/mol. The Hall–Kier alpha value is -0.960. The number of anilines is 1. The SMILES string of the molecule is C=C(N)Cc1ccc(Br)cc1N. The Balaban J connectivity index is 2.93. The van der Waals surface area contributed by atoms with E-state index in [1.165, 1.54) is 0 Å². The molecule has 0 bridgehead atoms. The molecule has 0 atom stereocenters. The summed E-state index contributed by atoms with van der Waals surface area (Å²) in [7, 11) is 0. The molecule has 0 saturated heterocycles. The van der Waals surface area contributed by atoms with Crippen molar-refractivity contribution < 1.29 is 0 Å². The topological polar surface area (TPSA) is 52.0 Å². The molecule has 0 aliphatic heterocycles. The van der Waals surface area contributed by atoms with Crippen LogP contribution in [-0.4, -0.2) is 0 Å². The molecule has 0 aliphatic carbocycles. The molecule has 1 aromatic rings. The maximum atomic E-state index is 5.74. The van der Waals surface area contributed by atoms with Gasteiger partial charge < -0.3 is 11.5 Å². The minimum Gasteiger partial charge on any atom is -0.402 e. The summed E-state index contributed by atoms with van der Waals surface area (Å²) in [5, 5.41) is 0. The molecule has 0 amide bonds. The number of hydrogen-bond donors (Lipinski definition) is 2. The van der Waals surface area contributed by atoms with Gasteiger partial charge in [-0.15, -0.1) is 0 Å². The van der Waals surface area contributed by atoms with Crippen molar-refractivity contribution in [2.45, 2.75) is 6.42 Å². The van der Waals surface area contributed by atoms with Crippen molar-refractivity contribution in [2.24, 2.45) is 5.73 Å². The molecular weight excluding hydrogens is 216 g/mol. The molecule has 0 saturated carbocycles. The molecule has 0 heterocycles. The van der Waals surface area contributed by atoms with Crippen molar-refractivity contribution in [1.82, 2.24) is 0 Å². The van der Waals surface area contributed by atoms with E-state index in [9.17, 15) is 0 Å². The van der Waals surface area contributed by atoms with E-state index in [1.54, 1.807) is 0 Å². The van der Waals surface area contributed by atoms with Crippen LogP contribution in [0.3, 0.4) is 0 Å². The minimum absolute atomic E-state index is 0.629. The van der Waals surface area contributed by atoms with E-state index in [4.69, 9.17) is 11.5 Å². The lowest BCUT2D eigenvalue weighted by Crippen LogP contribution is -2.02. The van der Waals surface area contributed by atoms with Gasteiger partial charge in [0.1, 0.15) is 0 Å². The van der Waals surface area contributed by atoms with Crippen LogP contribution >= 0.6 is 15.9 Å². The summed E-state index contributed by atoms with van der Waals surface area (Å²) in [6.45, 7) is 3.62. The van der Waals surface area contributed by atoms with Gasteiger partial charge in [-0.2, -0.15) is 0 Å². The van der Waals surface area contributed by atoms with E-state index in [0.29, 0.717) is 12.1 Å². The molecular formula is C9H11BrN2. The predicted molar refractivity (Wildman–Crippen MR) is 55.6 cm³/mol. The van der Waals surface area contributed by atoms with E-state index < -0.39 is 0 Å². The average Bonchev–Trinajstić information content (AvgIpc) is 1.94. The summed E-state index contributed by atoms with van der Waals surface area (Å²) in [4.78, 5) is 0. The van der Waals surface area contributed by atoms with Crippen molar-refractivity contribution in [1.29, 1.82) is 0 Å². The van der Waals surface area contributed by atoms with Gasteiger partial charge in [0.25, 0.3) is 0 Å². The maximum absolute atomic E-state index is 5.74. The molecule has 4 N–H and O–H groups in total. The molecule has 2 nitrogen and oxygen atoms in total. The Kier molecular flexibility index (Phi) is 2.76. The van der Waals surface area contributed by atoms with Gasteiger partial charge in [0.05, 0.1) is 0 Å². The predicted octanol–water partition coefficient (Wildman–Crippen LogP) is 2.05. The van der Waals surface area contributed by atoms with Crippen molar-refractivity contribution in [3.63, 3.8) is 0 Å². The summed E-state index contributed by atoms with van der Waals surface area (Å²) < 4.78 is 0.978. The van der Waals surface area contributed by atoms with Crippen LogP contribution in [0.1, 0.15) is 5.56 Å². The standard InChI is InChI=1S/C9H11BrN2/c1-6(11)4-7-2-3-8(10)5-9(7)12/h2-3,5H,1,4,11-12H2. The number of nitrogens with two attached hydrogens (primary N) is 2. The number of rotatable bonds is 2. The van der Waals surface area contributed by atoms with Crippen molar-refractivity contribution >= 4 is 21.6 Å². The second kappa shape index (κ2) is 3.63. The van der Waals surface area contributed by atoms with Gasteiger partial charge in [-0.3, -0.25) is 0 Å². The zero-order valence-corrected chi connectivity index (χ0v) is 8.26. The second-order valence-corrected chi connectivity index (χ2v) is 3.59. The summed E-state index contributed by atoms with van der Waals surface area (Å²) in [6, 6.07) is 5.74. The molecule has 1 rings (SSSR count). The van der Waals surface area contributed by atoms with Crippen LogP contribution in [0, 0.1) is 0 Å². The Bertz CT molecular complexity index is 307. The van der Waals surface area contributed by atoms with Crippen LogP contribution in [0.25, 0.3) is 0 Å². The fourth-order valence-corrected chi connectivity index (χ4v) is 1.35. The van der Waals surface area contributed by atoms with E-state index in [1.807, 2.05) is 18.2 Å². The van der Waals surface area contributed by atoms with Gasteiger partial charge in [0.15, 0.2) is 0 Å². The van der Waals surface area contributed by atoms with E-state index in [0.717, 1.165) is 15.7 Å². The highest BCUT2D eigenvalue weighted by molar-refractivity contribution is 9.10. The Labute approximate surface area is 80.4 Å². The molecule has 0 fully saturated rings. The van der Waals surface area contributed by atoms with E-state index >= 15 is 0 Å². The zero-order chi connectivity index (χ0) is 9.14. The summed E-state index contributed by atoms with van der Waals surface area (Å²) in [5.41, 5.74) is 13.6. The van der Waals surface area contributed by atoms with Gasteiger partial charge in [0, 0.05) is 22.3 Å². The molecule has 1 aromatic carbocycles. The highest BCUT2D eigenvalue weighted by atomic mass is 79.9. The molecule has 3 heteroatoms. The quantitative estimate of drug-likeness (QED) is 0.759. The number of nitrogen functional groups attached to an aromatic ring is 1. The van der Waals surface area contributed by atoms with Gasteiger partial charge in [-0.25, -0.2) is 0 Å². The molecule has 0 aromatic heterocycles. The lowest BCUT2D eigenvalue weighted by molar-refractivity contribution is 1.12. The number of halogens is 1. The number of hydrogen-bond acceptors (Lipinski definition) is 2. The molecule has 0 spiro atoms. The second-order valence-electron chi connectivity index (χ2n) is 2.68. The summed E-state index contributed by atoms with van der Waals surface area (Å²) in [6.07, 6.45) is 0.638. The molecule has 0 aliphatic rings. The van der Waals surface area contributed by atoms with Crippen LogP contribution in [0.2, 0.25) is 0 Å².